The third kappa shape index (κ3) is 2.88. The van der Waals surface area contributed by atoms with E-state index in [2.05, 4.69) is 23.5 Å². The first kappa shape index (κ1) is 12.1. The van der Waals surface area contributed by atoms with Crippen molar-refractivity contribution in [2.45, 2.75) is 19.6 Å². The highest BCUT2D eigenvalue weighted by Gasteiger charge is 2.09. The van der Waals surface area contributed by atoms with Gasteiger partial charge in [0.2, 0.25) is 0 Å². The van der Waals surface area contributed by atoms with E-state index in [1.807, 2.05) is 12.1 Å². The Morgan fingerprint density at radius 2 is 1.89 bits per heavy atom. The van der Waals surface area contributed by atoms with E-state index in [1.165, 1.54) is 16.7 Å². The molecule has 2 aromatic rings. The molecule has 0 aromatic heterocycles. The Morgan fingerprint density at radius 3 is 2.74 bits per heavy atom. The van der Waals surface area contributed by atoms with Gasteiger partial charge >= 0.3 is 0 Å². The van der Waals surface area contributed by atoms with E-state index >= 15 is 0 Å². The van der Waals surface area contributed by atoms with Gasteiger partial charge in [-0.25, -0.2) is 0 Å². The topological polar surface area (TPSA) is 41.5 Å². The van der Waals surface area contributed by atoms with Gasteiger partial charge < -0.3 is 15.2 Å². The van der Waals surface area contributed by atoms with E-state index in [1.54, 1.807) is 12.1 Å². The van der Waals surface area contributed by atoms with Gasteiger partial charge in [-0.15, -0.1) is 0 Å². The standard InChI is InChI=1S/C16H17NO2/c18-16-5-3-15(4-6-16)17-10-12-1-2-14-11-19-8-7-13(14)9-12/h1-6,9,17-18H,7-8,10-11H2. The Bertz CT molecular complexity index is 563. The van der Waals surface area contributed by atoms with Gasteiger partial charge in [-0.2, -0.15) is 0 Å². The number of phenolic OH excluding ortho intramolecular Hbond substituents is 1. The van der Waals surface area contributed by atoms with Crippen LogP contribution in [-0.2, 0) is 24.3 Å². The van der Waals surface area contributed by atoms with Crippen LogP contribution in [0, 0.1) is 0 Å². The number of rotatable bonds is 3. The van der Waals surface area contributed by atoms with Crippen LogP contribution in [0.3, 0.4) is 0 Å². The molecule has 1 aliphatic rings. The summed E-state index contributed by atoms with van der Waals surface area (Å²) < 4.78 is 5.44. The summed E-state index contributed by atoms with van der Waals surface area (Å²) in [5, 5.41) is 12.6. The minimum absolute atomic E-state index is 0.291. The lowest BCUT2D eigenvalue weighted by atomic mass is 10.0. The van der Waals surface area contributed by atoms with E-state index in [9.17, 15) is 5.11 Å². The zero-order valence-electron chi connectivity index (χ0n) is 10.7. The molecule has 0 unspecified atom stereocenters. The highest BCUT2D eigenvalue weighted by atomic mass is 16.5. The van der Waals surface area contributed by atoms with Gasteiger partial charge in [-0.3, -0.25) is 0 Å². The van der Waals surface area contributed by atoms with Gasteiger partial charge in [-0.1, -0.05) is 18.2 Å². The molecule has 0 radical (unpaired) electrons. The van der Waals surface area contributed by atoms with Gasteiger partial charge in [0.25, 0.3) is 0 Å². The zero-order valence-corrected chi connectivity index (χ0v) is 10.7. The molecule has 0 spiro atoms. The predicted octanol–water partition coefficient (Wildman–Crippen LogP) is 3.08. The maximum absolute atomic E-state index is 9.23. The lowest BCUT2D eigenvalue weighted by molar-refractivity contribution is 0.110. The van der Waals surface area contributed by atoms with Crippen molar-refractivity contribution >= 4 is 5.69 Å². The molecular formula is C16H17NO2. The van der Waals surface area contributed by atoms with E-state index < -0.39 is 0 Å². The average Bonchev–Trinajstić information content (AvgIpc) is 2.46. The molecule has 3 rings (SSSR count). The number of hydrogen-bond acceptors (Lipinski definition) is 3. The molecule has 1 heterocycles. The largest absolute Gasteiger partial charge is 0.508 e. The SMILES string of the molecule is Oc1ccc(NCc2ccc3c(c2)CCOC3)cc1. The molecule has 0 saturated heterocycles. The molecule has 0 bridgehead atoms. The molecule has 2 aromatic carbocycles. The van der Waals surface area contributed by atoms with Crippen molar-refractivity contribution in [2.75, 3.05) is 11.9 Å². The summed E-state index contributed by atoms with van der Waals surface area (Å²) in [6, 6.07) is 13.7. The molecule has 3 heteroatoms. The third-order valence-corrected chi connectivity index (χ3v) is 3.41. The molecule has 0 saturated carbocycles. The Labute approximate surface area is 112 Å². The first-order valence-corrected chi connectivity index (χ1v) is 6.52. The van der Waals surface area contributed by atoms with Crippen LogP contribution in [0.5, 0.6) is 5.75 Å². The van der Waals surface area contributed by atoms with E-state index in [0.717, 1.165) is 31.9 Å². The Morgan fingerprint density at radius 1 is 1.05 bits per heavy atom. The minimum Gasteiger partial charge on any atom is -0.508 e. The number of anilines is 1. The lowest BCUT2D eigenvalue weighted by Crippen LogP contribution is -2.10. The second-order valence-corrected chi connectivity index (χ2v) is 4.81. The third-order valence-electron chi connectivity index (χ3n) is 3.41. The van der Waals surface area contributed by atoms with Crippen LogP contribution in [0.4, 0.5) is 5.69 Å². The molecule has 0 amide bonds. The van der Waals surface area contributed by atoms with Crippen molar-refractivity contribution in [1.29, 1.82) is 0 Å². The Kier molecular flexibility index (Phi) is 3.38. The van der Waals surface area contributed by atoms with Crippen LogP contribution >= 0.6 is 0 Å². The van der Waals surface area contributed by atoms with Gasteiger partial charge in [0.15, 0.2) is 0 Å². The Hall–Kier alpha value is -2.00. The smallest absolute Gasteiger partial charge is 0.115 e. The van der Waals surface area contributed by atoms with Crippen molar-refractivity contribution in [3.05, 3.63) is 59.2 Å². The van der Waals surface area contributed by atoms with Gasteiger partial charge in [0.05, 0.1) is 13.2 Å². The Balaban J connectivity index is 1.68. The summed E-state index contributed by atoms with van der Waals surface area (Å²) in [7, 11) is 0. The molecule has 98 valence electrons. The maximum Gasteiger partial charge on any atom is 0.115 e. The average molecular weight is 255 g/mol. The maximum atomic E-state index is 9.23. The first-order valence-electron chi connectivity index (χ1n) is 6.52. The second kappa shape index (κ2) is 5.33. The molecule has 2 N–H and O–H groups in total. The van der Waals surface area contributed by atoms with Crippen molar-refractivity contribution in [3.8, 4) is 5.75 Å². The fourth-order valence-electron chi connectivity index (χ4n) is 2.31. The molecular weight excluding hydrogens is 238 g/mol. The summed E-state index contributed by atoms with van der Waals surface area (Å²) in [4.78, 5) is 0. The second-order valence-electron chi connectivity index (χ2n) is 4.81. The molecule has 3 nitrogen and oxygen atoms in total. The summed E-state index contributed by atoms with van der Waals surface area (Å²) in [5.41, 5.74) is 4.99. The van der Waals surface area contributed by atoms with Crippen LogP contribution < -0.4 is 5.32 Å². The predicted molar refractivity (Wildman–Crippen MR) is 75.2 cm³/mol. The number of hydrogen-bond donors (Lipinski definition) is 2. The van der Waals surface area contributed by atoms with E-state index in [4.69, 9.17) is 4.74 Å². The normalized spacial score (nSPS) is 13.9. The lowest BCUT2D eigenvalue weighted by Gasteiger charge is -2.17. The van der Waals surface area contributed by atoms with Gasteiger partial charge in [-0.05, 0) is 47.4 Å². The summed E-state index contributed by atoms with van der Waals surface area (Å²) in [5.74, 6) is 0.291. The van der Waals surface area contributed by atoms with Crippen LogP contribution in [0.25, 0.3) is 0 Å². The number of ether oxygens (including phenoxy) is 1. The summed E-state index contributed by atoms with van der Waals surface area (Å²) in [6.07, 6.45) is 1.00. The van der Waals surface area contributed by atoms with Crippen molar-refractivity contribution < 1.29 is 9.84 Å². The van der Waals surface area contributed by atoms with E-state index in [-0.39, 0.29) is 0 Å². The molecule has 0 fully saturated rings. The zero-order chi connectivity index (χ0) is 13.1. The van der Waals surface area contributed by atoms with Crippen LogP contribution in [0.15, 0.2) is 42.5 Å². The number of fused-ring (bicyclic) bond motifs is 1. The van der Waals surface area contributed by atoms with Crippen molar-refractivity contribution in [2.24, 2.45) is 0 Å². The van der Waals surface area contributed by atoms with Gasteiger partial charge in [0.1, 0.15) is 5.75 Å². The molecule has 1 aliphatic heterocycles. The van der Waals surface area contributed by atoms with E-state index in [0.29, 0.717) is 5.75 Å². The van der Waals surface area contributed by atoms with Gasteiger partial charge in [0, 0.05) is 12.2 Å². The monoisotopic (exact) mass is 255 g/mol. The van der Waals surface area contributed by atoms with Crippen molar-refractivity contribution in [1.82, 2.24) is 0 Å². The number of benzene rings is 2. The van der Waals surface area contributed by atoms with Crippen LogP contribution in [0.2, 0.25) is 0 Å². The summed E-state index contributed by atoms with van der Waals surface area (Å²) in [6.45, 7) is 2.35. The summed E-state index contributed by atoms with van der Waals surface area (Å²) >= 11 is 0. The first-order chi connectivity index (χ1) is 9.31. The van der Waals surface area contributed by atoms with Crippen LogP contribution in [-0.4, -0.2) is 11.7 Å². The van der Waals surface area contributed by atoms with Crippen LogP contribution in [0.1, 0.15) is 16.7 Å². The highest BCUT2D eigenvalue weighted by molar-refractivity contribution is 5.46. The minimum atomic E-state index is 0.291. The number of phenols is 1. The fourth-order valence-corrected chi connectivity index (χ4v) is 2.31. The number of aromatic hydroxyl groups is 1. The quantitative estimate of drug-likeness (QED) is 0.828. The molecule has 19 heavy (non-hydrogen) atoms. The molecule has 0 aliphatic carbocycles. The fraction of sp³-hybridized carbons (Fsp3) is 0.250. The molecule has 0 atom stereocenters. The highest BCUT2D eigenvalue weighted by Crippen LogP contribution is 2.19. The number of nitrogens with one attached hydrogen (secondary N) is 1. The van der Waals surface area contributed by atoms with Crippen molar-refractivity contribution in [3.63, 3.8) is 0 Å².